The molecule has 0 aliphatic rings. The van der Waals surface area contributed by atoms with E-state index < -0.39 is 29.6 Å². The summed E-state index contributed by atoms with van der Waals surface area (Å²) < 4.78 is 76.1. The van der Waals surface area contributed by atoms with Gasteiger partial charge in [-0.05, 0) is 33.7 Å². The molecule has 0 aliphatic heterocycles. The van der Waals surface area contributed by atoms with Gasteiger partial charge in [0.15, 0.2) is 5.44 Å². The van der Waals surface area contributed by atoms with Gasteiger partial charge >= 0.3 is 14.3 Å². The Labute approximate surface area is 124 Å². The summed E-state index contributed by atoms with van der Waals surface area (Å²) in [4.78, 5) is 0. The summed E-state index contributed by atoms with van der Waals surface area (Å²) >= 11 is 0. The van der Waals surface area contributed by atoms with E-state index in [0.717, 1.165) is 6.92 Å². The van der Waals surface area contributed by atoms with Gasteiger partial charge in [-0.15, -0.1) is 0 Å². The van der Waals surface area contributed by atoms with E-state index in [1.807, 2.05) is 0 Å². The number of nitrogens with two attached hydrogens (primary N) is 1. The molecule has 0 fully saturated rings. The highest BCUT2D eigenvalue weighted by Crippen LogP contribution is 2.30. The van der Waals surface area contributed by atoms with E-state index in [4.69, 9.17) is 19.0 Å². The third-order valence-corrected chi connectivity index (χ3v) is 7.44. The van der Waals surface area contributed by atoms with Gasteiger partial charge in [0.1, 0.15) is 0 Å². The van der Waals surface area contributed by atoms with Crippen molar-refractivity contribution in [1.82, 2.24) is 0 Å². The van der Waals surface area contributed by atoms with Crippen molar-refractivity contribution in [2.45, 2.75) is 44.2 Å². The predicted octanol–water partition coefficient (Wildman–Crippen LogP) is 1.64. The second-order valence-corrected chi connectivity index (χ2v) is 9.01. The molecule has 1 unspecified atom stereocenters. The minimum Gasteiger partial charge on any atom is -0.374 e. The maximum absolute atomic E-state index is 12.5. The van der Waals surface area contributed by atoms with Crippen LogP contribution >= 0.6 is 0 Å². The van der Waals surface area contributed by atoms with E-state index in [0.29, 0.717) is 6.42 Å². The summed E-state index contributed by atoms with van der Waals surface area (Å²) in [5, 5.41) is 0. The van der Waals surface area contributed by atoms with Gasteiger partial charge < -0.3 is 19.0 Å². The molecule has 6 nitrogen and oxygen atoms in total. The van der Waals surface area contributed by atoms with Crippen molar-refractivity contribution in [3.63, 3.8) is 0 Å². The smallest absolute Gasteiger partial charge is 0.374 e. The Morgan fingerprint density at radius 2 is 1.67 bits per heavy atom. The minimum absolute atomic E-state index is 0.135. The van der Waals surface area contributed by atoms with Crippen LogP contribution in [-0.4, -0.2) is 47.9 Å². The van der Waals surface area contributed by atoms with Crippen molar-refractivity contribution in [2.24, 2.45) is 5.73 Å². The Morgan fingerprint density at radius 3 is 2.00 bits per heavy atom. The highest BCUT2D eigenvalue weighted by atomic mass is 32.2. The van der Waals surface area contributed by atoms with Gasteiger partial charge in [0.25, 0.3) is 9.84 Å². The molecule has 2 N–H and O–H groups in total. The van der Waals surface area contributed by atoms with Crippen LogP contribution in [0.5, 0.6) is 0 Å². The first kappa shape index (κ1) is 20.8. The summed E-state index contributed by atoms with van der Waals surface area (Å²) in [6.07, 6.45) is 0.394. The average Bonchev–Trinajstić information content (AvgIpc) is 2.35. The van der Waals surface area contributed by atoms with Crippen LogP contribution in [0.15, 0.2) is 0 Å². The van der Waals surface area contributed by atoms with Crippen LogP contribution in [0.2, 0.25) is 6.04 Å². The van der Waals surface area contributed by atoms with E-state index in [-0.39, 0.29) is 25.8 Å². The standard InChI is InChI=1S/C10H22F3NO5SSi/c1-4-17-21(18-5-2,8-6-7-14)19-9(3)20(15,16)10(11,12)13/h9H,4-8,14H2,1-3H3. The second kappa shape index (κ2) is 8.43. The number of sulfone groups is 1. The van der Waals surface area contributed by atoms with E-state index in [2.05, 4.69) is 0 Å². The Balaban J connectivity index is 5.27. The molecule has 0 saturated heterocycles. The molecule has 11 heteroatoms. The molecular formula is C10H22F3NO5SSi. The van der Waals surface area contributed by atoms with Gasteiger partial charge in [-0.1, -0.05) is 0 Å². The molecule has 0 aliphatic carbocycles. The van der Waals surface area contributed by atoms with Crippen LogP contribution in [0.25, 0.3) is 0 Å². The lowest BCUT2D eigenvalue weighted by Gasteiger charge is -2.31. The molecule has 0 amide bonds. The fraction of sp³-hybridized carbons (Fsp3) is 1.00. The Kier molecular flexibility index (Phi) is 8.35. The molecule has 0 heterocycles. The molecule has 0 aromatic rings. The largest absolute Gasteiger partial charge is 0.502 e. The first-order chi connectivity index (χ1) is 9.56. The lowest BCUT2D eigenvalue weighted by Crippen LogP contribution is -2.51. The lowest BCUT2D eigenvalue weighted by molar-refractivity contribution is -0.0484. The van der Waals surface area contributed by atoms with E-state index in [1.54, 1.807) is 13.8 Å². The zero-order valence-corrected chi connectivity index (χ0v) is 14.1. The summed E-state index contributed by atoms with van der Waals surface area (Å²) in [6.45, 7) is 4.60. The van der Waals surface area contributed by atoms with Crippen molar-refractivity contribution in [3.05, 3.63) is 0 Å². The fourth-order valence-corrected chi connectivity index (χ4v) is 5.55. The van der Waals surface area contributed by atoms with Crippen molar-refractivity contribution in [1.29, 1.82) is 0 Å². The monoisotopic (exact) mass is 353 g/mol. The Hall–Kier alpha value is -0.203. The van der Waals surface area contributed by atoms with Gasteiger partial charge in [-0.3, -0.25) is 0 Å². The van der Waals surface area contributed by atoms with E-state index in [1.165, 1.54) is 0 Å². The fourth-order valence-electron chi connectivity index (χ4n) is 1.58. The predicted molar refractivity (Wildman–Crippen MR) is 73.0 cm³/mol. The number of hydrogen-bond donors (Lipinski definition) is 1. The van der Waals surface area contributed by atoms with Crippen molar-refractivity contribution in [3.8, 4) is 0 Å². The summed E-state index contributed by atoms with van der Waals surface area (Å²) in [7, 11) is -8.98. The average molecular weight is 353 g/mol. The van der Waals surface area contributed by atoms with Crippen LogP contribution in [0, 0.1) is 0 Å². The van der Waals surface area contributed by atoms with E-state index >= 15 is 0 Å². The molecule has 0 saturated carbocycles. The first-order valence-corrected chi connectivity index (χ1v) is 10.00. The quantitative estimate of drug-likeness (QED) is 0.601. The van der Waals surface area contributed by atoms with Gasteiger partial charge in [-0.25, -0.2) is 8.42 Å². The van der Waals surface area contributed by atoms with Crippen LogP contribution in [-0.2, 0) is 23.1 Å². The summed E-state index contributed by atoms with van der Waals surface area (Å²) in [5.41, 5.74) is -2.12. The molecule has 0 rings (SSSR count). The molecule has 0 spiro atoms. The molecule has 128 valence electrons. The number of hydrogen-bond acceptors (Lipinski definition) is 6. The summed E-state index contributed by atoms with van der Waals surface area (Å²) in [5.74, 6) is 0. The molecule has 21 heavy (non-hydrogen) atoms. The van der Waals surface area contributed by atoms with Crippen LogP contribution in [0.3, 0.4) is 0 Å². The molecule has 0 aromatic heterocycles. The highest BCUT2D eigenvalue weighted by molar-refractivity contribution is 7.92. The maximum atomic E-state index is 12.5. The topological polar surface area (TPSA) is 87.8 Å². The second-order valence-electron chi connectivity index (χ2n) is 4.12. The Morgan fingerprint density at radius 1 is 1.19 bits per heavy atom. The first-order valence-electron chi connectivity index (χ1n) is 6.52. The van der Waals surface area contributed by atoms with Crippen LogP contribution in [0.1, 0.15) is 27.2 Å². The minimum atomic E-state index is -5.45. The zero-order chi connectivity index (χ0) is 16.7. The molecule has 0 radical (unpaired) electrons. The maximum Gasteiger partial charge on any atom is 0.502 e. The SMILES string of the molecule is CCO[Si](CCCN)(OCC)OC(C)S(=O)(=O)C(F)(F)F. The van der Waals surface area contributed by atoms with Gasteiger partial charge in [0.05, 0.1) is 0 Å². The summed E-state index contributed by atoms with van der Waals surface area (Å²) in [6, 6.07) is 0.156. The van der Waals surface area contributed by atoms with Gasteiger partial charge in [0, 0.05) is 19.3 Å². The van der Waals surface area contributed by atoms with Crippen molar-refractivity contribution < 1.29 is 34.9 Å². The lowest BCUT2D eigenvalue weighted by atomic mass is 10.5. The normalized spacial score (nSPS) is 15.2. The zero-order valence-electron chi connectivity index (χ0n) is 12.3. The molecular weight excluding hydrogens is 331 g/mol. The van der Waals surface area contributed by atoms with Crippen molar-refractivity contribution >= 4 is 18.6 Å². The third kappa shape index (κ3) is 5.83. The van der Waals surface area contributed by atoms with Crippen LogP contribution < -0.4 is 5.73 Å². The number of alkyl halides is 3. The van der Waals surface area contributed by atoms with Gasteiger partial charge in [-0.2, -0.15) is 13.2 Å². The molecule has 1 atom stereocenters. The third-order valence-electron chi connectivity index (χ3n) is 2.52. The van der Waals surface area contributed by atoms with Crippen molar-refractivity contribution in [2.75, 3.05) is 19.8 Å². The Bertz CT molecular complexity index is 398. The molecule has 0 aromatic carbocycles. The number of halogens is 3. The van der Waals surface area contributed by atoms with Gasteiger partial charge in [0.2, 0.25) is 0 Å². The van der Waals surface area contributed by atoms with Crippen LogP contribution in [0.4, 0.5) is 13.2 Å². The van der Waals surface area contributed by atoms with E-state index in [9.17, 15) is 21.6 Å². The molecule has 0 bridgehead atoms. The highest BCUT2D eigenvalue weighted by Gasteiger charge is 2.53. The number of rotatable bonds is 10.